The molecule has 0 aromatic heterocycles. The molecule has 2 aromatic carbocycles. The molecule has 2 aliphatic rings. The van der Waals surface area contributed by atoms with E-state index in [2.05, 4.69) is 15.9 Å². The van der Waals surface area contributed by atoms with E-state index in [1.165, 1.54) is 0 Å². The largest absolute Gasteiger partial charge is 0.492 e. The summed E-state index contributed by atoms with van der Waals surface area (Å²) in [5.41, 5.74) is 1.15. The zero-order chi connectivity index (χ0) is 18.5. The number of benzene rings is 2. The number of halogens is 1. The SMILES string of the molecule is Clc1ccccc1OCCCN1CCN(c2cccc3c2OCCO3)CC1. The highest BCUT2D eigenvalue weighted by atomic mass is 35.5. The van der Waals surface area contributed by atoms with Crippen LogP contribution in [0.2, 0.25) is 5.02 Å². The molecule has 1 fully saturated rings. The molecule has 144 valence electrons. The maximum atomic E-state index is 6.12. The third-order valence-electron chi connectivity index (χ3n) is 4.97. The van der Waals surface area contributed by atoms with Gasteiger partial charge in [0.05, 0.1) is 17.3 Å². The Balaban J connectivity index is 1.23. The van der Waals surface area contributed by atoms with Crippen molar-refractivity contribution in [3.8, 4) is 17.2 Å². The summed E-state index contributed by atoms with van der Waals surface area (Å²) >= 11 is 6.12. The second-order valence-corrected chi connectivity index (χ2v) is 7.17. The van der Waals surface area contributed by atoms with Crippen LogP contribution in [0.15, 0.2) is 42.5 Å². The van der Waals surface area contributed by atoms with E-state index >= 15 is 0 Å². The smallest absolute Gasteiger partial charge is 0.184 e. The zero-order valence-corrected chi connectivity index (χ0v) is 16.2. The summed E-state index contributed by atoms with van der Waals surface area (Å²) in [5.74, 6) is 2.52. The minimum atomic E-state index is 0.620. The van der Waals surface area contributed by atoms with Crippen LogP contribution in [0.5, 0.6) is 17.2 Å². The summed E-state index contributed by atoms with van der Waals surface area (Å²) in [4.78, 5) is 4.88. The number of ether oxygens (including phenoxy) is 3. The molecular formula is C21H25ClN2O3. The number of rotatable bonds is 6. The van der Waals surface area contributed by atoms with Gasteiger partial charge in [-0.1, -0.05) is 29.8 Å². The highest BCUT2D eigenvalue weighted by Gasteiger charge is 2.23. The molecule has 0 atom stereocenters. The van der Waals surface area contributed by atoms with Crippen LogP contribution in [-0.2, 0) is 0 Å². The average molecular weight is 389 g/mol. The van der Waals surface area contributed by atoms with E-state index in [-0.39, 0.29) is 0 Å². The quantitative estimate of drug-likeness (QED) is 0.705. The molecule has 0 bridgehead atoms. The van der Waals surface area contributed by atoms with Crippen molar-refractivity contribution < 1.29 is 14.2 Å². The molecule has 6 heteroatoms. The van der Waals surface area contributed by atoms with E-state index in [1.807, 2.05) is 36.4 Å². The number of hydrogen-bond donors (Lipinski definition) is 0. The molecule has 2 aromatic rings. The Kier molecular flexibility index (Phi) is 5.90. The van der Waals surface area contributed by atoms with Crippen LogP contribution in [0, 0.1) is 0 Å². The van der Waals surface area contributed by atoms with Crippen molar-refractivity contribution >= 4 is 17.3 Å². The zero-order valence-electron chi connectivity index (χ0n) is 15.4. The van der Waals surface area contributed by atoms with Crippen LogP contribution in [0.4, 0.5) is 5.69 Å². The van der Waals surface area contributed by atoms with Crippen molar-refractivity contribution in [3.63, 3.8) is 0 Å². The van der Waals surface area contributed by atoms with Gasteiger partial charge in [0, 0.05) is 32.7 Å². The first kappa shape index (κ1) is 18.3. The molecule has 0 spiro atoms. The summed E-state index contributed by atoms with van der Waals surface area (Å²) in [6.45, 7) is 7.02. The fraction of sp³-hybridized carbons (Fsp3) is 0.429. The molecule has 0 saturated carbocycles. The number of piperazine rings is 1. The molecule has 0 aliphatic carbocycles. The molecule has 0 unspecified atom stereocenters. The number of fused-ring (bicyclic) bond motifs is 1. The van der Waals surface area contributed by atoms with Crippen molar-refractivity contribution in [2.45, 2.75) is 6.42 Å². The summed E-state index contributed by atoms with van der Waals surface area (Å²) < 4.78 is 17.3. The van der Waals surface area contributed by atoms with Gasteiger partial charge in [-0.3, -0.25) is 4.90 Å². The highest BCUT2D eigenvalue weighted by molar-refractivity contribution is 6.32. The lowest BCUT2D eigenvalue weighted by atomic mass is 10.2. The van der Waals surface area contributed by atoms with Gasteiger partial charge in [-0.05, 0) is 30.7 Å². The molecule has 0 N–H and O–H groups in total. The van der Waals surface area contributed by atoms with E-state index in [4.69, 9.17) is 25.8 Å². The van der Waals surface area contributed by atoms with Gasteiger partial charge >= 0.3 is 0 Å². The predicted molar refractivity (Wildman–Crippen MR) is 108 cm³/mol. The molecule has 0 radical (unpaired) electrons. The van der Waals surface area contributed by atoms with Crippen LogP contribution < -0.4 is 19.1 Å². The monoisotopic (exact) mass is 388 g/mol. The first-order chi connectivity index (χ1) is 13.3. The van der Waals surface area contributed by atoms with Gasteiger partial charge in [-0.25, -0.2) is 0 Å². The minimum absolute atomic E-state index is 0.620. The number of nitrogens with zero attached hydrogens (tertiary/aromatic N) is 2. The van der Waals surface area contributed by atoms with Crippen molar-refractivity contribution in [2.24, 2.45) is 0 Å². The second kappa shape index (κ2) is 8.72. The van der Waals surface area contributed by atoms with Gasteiger partial charge in [-0.15, -0.1) is 0 Å². The molecular weight excluding hydrogens is 364 g/mol. The molecule has 1 saturated heterocycles. The fourth-order valence-corrected chi connectivity index (χ4v) is 3.74. The van der Waals surface area contributed by atoms with Gasteiger partial charge in [0.1, 0.15) is 19.0 Å². The van der Waals surface area contributed by atoms with E-state index < -0.39 is 0 Å². The van der Waals surface area contributed by atoms with Crippen LogP contribution in [-0.4, -0.2) is 57.4 Å². The highest BCUT2D eigenvalue weighted by Crippen LogP contribution is 2.39. The third-order valence-corrected chi connectivity index (χ3v) is 5.28. The number of para-hydroxylation sites is 2. The summed E-state index contributed by atoms with van der Waals surface area (Å²) in [5, 5.41) is 0.670. The maximum Gasteiger partial charge on any atom is 0.184 e. The lowest BCUT2D eigenvalue weighted by molar-refractivity contribution is 0.171. The fourth-order valence-electron chi connectivity index (χ4n) is 3.55. The third kappa shape index (κ3) is 4.42. The van der Waals surface area contributed by atoms with Crippen LogP contribution in [0.3, 0.4) is 0 Å². The number of hydrogen-bond acceptors (Lipinski definition) is 5. The Labute approximate surface area is 165 Å². The predicted octanol–water partition coefficient (Wildman–Crippen LogP) is 3.70. The Morgan fingerprint density at radius 2 is 1.74 bits per heavy atom. The first-order valence-corrected chi connectivity index (χ1v) is 9.92. The molecule has 2 aliphatic heterocycles. The standard InChI is InChI=1S/C21H25ClN2O3/c22-17-5-1-2-7-19(17)25-14-4-9-23-10-12-24(13-11-23)18-6-3-8-20-21(18)27-16-15-26-20/h1-3,5-8H,4,9-16H2. The molecule has 4 rings (SSSR count). The van der Waals surface area contributed by atoms with Gasteiger partial charge < -0.3 is 19.1 Å². The Hall–Kier alpha value is -2.11. The van der Waals surface area contributed by atoms with Crippen LogP contribution in [0.1, 0.15) is 6.42 Å². The molecule has 27 heavy (non-hydrogen) atoms. The van der Waals surface area contributed by atoms with Gasteiger partial charge in [0.2, 0.25) is 0 Å². The first-order valence-electron chi connectivity index (χ1n) is 9.54. The van der Waals surface area contributed by atoms with Crippen molar-refractivity contribution in [3.05, 3.63) is 47.5 Å². The lowest BCUT2D eigenvalue weighted by Gasteiger charge is -2.37. The second-order valence-electron chi connectivity index (χ2n) is 6.76. The summed E-state index contributed by atoms with van der Waals surface area (Å²) in [6.07, 6.45) is 0.989. The number of anilines is 1. The van der Waals surface area contributed by atoms with Crippen molar-refractivity contribution in [1.29, 1.82) is 0 Å². The Bertz CT molecular complexity index is 763. The van der Waals surface area contributed by atoms with Crippen LogP contribution in [0.25, 0.3) is 0 Å². The Morgan fingerprint density at radius 3 is 2.59 bits per heavy atom. The average Bonchev–Trinajstić information content (AvgIpc) is 2.72. The Morgan fingerprint density at radius 1 is 0.926 bits per heavy atom. The normalized spacial score (nSPS) is 17.0. The topological polar surface area (TPSA) is 34.2 Å². The van der Waals surface area contributed by atoms with Crippen molar-refractivity contribution in [1.82, 2.24) is 4.90 Å². The molecule has 5 nitrogen and oxygen atoms in total. The van der Waals surface area contributed by atoms with E-state index in [1.54, 1.807) is 0 Å². The molecule has 0 amide bonds. The van der Waals surface area contributed by atoms with Crippen LogP contribution >= 0.6 is 11.6 Å². The maximum absolute atomic E-state index is 6.12. The molecule has 2 heterocycles. The van der Waals surface area contributed by atoms with E-state index in [9.17, 15) is 0 Å². The van der Waals surface area contributed by atoms with Gasteiger partial charge in [0.25, 0.3) is 0 Å². The van der Waals surface area contributed by atoms with Gasteiger partial charge in [0.15, 0.2) is 11.5 Å². The lowest BCUT2D eigenvalue weighted by Crippen LogP contribution is -2.47. The summed E-state index contributed by atoms with van der Waals surface area (Å²) in [7, 11) is 0. The van der Waals surface area contributed by atoms with E-state index in [0.29, 0.717) is 24.8 Å². The van der Waals surface area contributed by atoms with Crippen molar-refractivity contribution in [2.75, 3.05) is 57.4 Å². The van der Waals surface area contributed by atoms with Gasteiger partial charge in [-0.2, -0.15) is 0 Å². The summed E-state index contributed by atoms with van der Waals surface area (Å²) in [6, 6.07) is 13.8. The minimum Gasteiger partial charge on any atom is -0.492 e. The van der Waals surface area contributed by atoms with E-state index in [0.717, 1.165) is 62.1 Å².